The van der Waals surface area contributed by atoms with Gasteiger partial charge in [0.2, 0.25) is 5.91 Å². The van der Waals surface area contributed by atoms with Crippen LogP contribution in [0.15, 0.2) is 0 Å². The van der Waals surface area contributed by atoms with E-state index in [0.717, 1.165) is 6.92 Å². The number of ketones is 1. The molecule has 0 radical (unpaired) electrons. The molecule has 0 spiro atoms. The second-order valence-electron chi connectivity index (χ2n) is 4.39. The van der Waals surface area contributed by atoms with E-state index in [-0.39, 0.29) is 0 Å². The Labute approximate surface area is 118 Å². The third kappa shape index (κ3) is 5.57. The zero-order valence-electron chi connectivity index (χ0n) is 11.2. The van der Waals surface area contributed by atoms with E-state index < -0.39 is 60.4 Å². The zero-order valence-corrected chi connectivity index (χ0v) is 11.2. The van der Waals surface area contributed by atoms with E-state index in [1.165, 1.54) is 0 Å². The fraction of sp³-hybridized carbons (Fsp3) is 0.545. The van der Waals surface area contributed by atoms with Crippen LogP contribution in [0.25, 0.3) is 0 Å². The van der Waals surface area contributed by atoms with Crippen molar-refractivity contribution in [2.75, 3.05) is 0 Å². The van der Waals surface area contributed by atoms with Crippen LogP contribution < -0.4 is 11.1 Å². The minimum Gasteiger partial charge on any atom is -0.481 e. The number of hydrogen-bond acceptors (Lipinski definition) is 6. The lowest BCUT2D eigenvalue weighted by atomic mass is 9.84. The molecule has 10 nitrogen and oxygen atoms in total. The number of carbonyl (C=O) groups is 5. The van der Waals surface area contributed by atoms with Crippen LogP contribution in [0.5, 0.6) is 0 Å². The van der Waals surface area contributed by atoms with Crippen LogP contribution >= 0.6 is 0 Å². The van der Waals surface area contributed by atoms with Crippen LogP contribution in [-0.2, 0) is 24.0 Å². The summed E-state index contributed by atoms with van der Waals surface area (Å²) in [6.07, 6.45) is -2.29. The van der Waals surface area contributed by atoms with E-state index in [0.29, 0.717) is 0 Å². The molecule has 0 unspecified atom stereocenters. The standard InChI is InChI=1S/C11H16N2O8/c1-5(14)13-6(4-8(17)18)9(19)11(12,10(20)21)3-2-7(15)16/h6H,2-4,12H2,1H3,(H,13,14)(H,15,16)(H,17,18)(H,20,21)/t6-,11+/m0/s1. The largest absolute Gasteiger partial charge is 0.481 e. The molecule has 0 aliphatic carbocycles. The van der Waals surface area contributed by atoms with Crippen LogP contribution in [0.1, 0.15) is 26.2 Å². The fourth-order valence-corrected chi connectivity index (χ4v) is 1.58. The van der Waals surface area contributed by atoms with Gasteiger partial charge in [0.05, 0.1) is 6.42 Å². The van der Waals surface area contributed by atoms with Gasteiger partial charge in [0.15, 0.2) is 11.3 Å². The first kappa shape index (κ1) is 18.5. The SMILES string of the molecule is CC(=O)N[C@@H](CC(=O)O)C(=O)[C@](N)(CCC(=O)O)C(=O)O. The Morgan fingerprint density at radius 3 is 1.95 bits per heavy atom. The Balaban J connectivity index is 5.37. The normalized spacial score (nSPS) is 14.6. The predicted octanol–water partition coefficient (Wildman–Crippen LogP) is -1.82. The summed E-state index contributed by atoms with van der Waals surface area (Å²) < 4.78 is 0. The highest BCUT2D eigenvalue weighted by molar-refractivity contribution is 6.11. The van der Waals surface area contributed by atoms with Gasteiger partial charge in [-0.1, -0.05) is 0 Å². The first-order valence-corrected chi connectivity index (χ1v) is 5.78. The summed E-state index contributed by atoms with van der Waals surface area (Å²) in [6, 6.07) is -1.66. The lowest BCUT2D eigenvalue weighted by Gasteiger charge is -2.27. The van der Waals surface area contributed by atoms with Crippen LogP contribution in [0.2, 0.25) is 0 Å². The third-order valence-corrected chi connectivity index (χ3v) is 2.63. The van der Waals surface area contributed by atoms with E-state index in [4.69, 9.17) is 21.1 Å². The second kappa shape index (κ2) is 7.33. The average Bonchev–Trinajstić information content (AvgIpc) is 2.32. The number of amides is 1. The molecule has 0 heterocycles. The van der Waals surface area contributed by atoms with Crippen molar-refractivity contribution in [1.29, 1.82) is 0 Å². The third-order valence-electron chi connectivity index (χ3n) is 2.63. The van der Waals surface area contributed by atoms with Gasteiger partial charge in [-0.05, 0) is 6.42 Å². The molecule has 0 saturated carbocycles. The highest BCUT2D eigenvalue weighted by Gasteiger charge is 2.46. The van der Waals surface area contributed by atoms with Gasteiger partial charge in [0.1, 0.15) is 6.04 Å². The lowest BCUT2D eigenvalue weighted by Crippen LogP contribution is -2.62. The number of carboxylic acids is 3. The first-order valence-electron chi connectivity index (χ1n) is 5.78. The summed E-state index contributed by atoms with van der Waals surface area (Å²) in [5.74, 6) is -6.63. The Hall–Kier alpha value is -2.49. The van der Waals surface area contributed by atoms with Gasteiger partial charge in [0.25, 0.3) is 0 Å². The van der Waals surface area contributed by atoms with E-state index in [2.05, 4.69) is 0 Å². The van der Waals surface area contributed by atoms with Gasteiger partial charge in [0, 0.05) is 13.3 Å². The van der Waals surface area contributed by atoms with Crippen molar-refractivity contribution in [3.63, 3.8) is 0 Å². The maximum atomic E-state index is 12.1. The van der Waals surface area contributed by atoms with Gasteiger partial charge >= 0.3 is 17.9 Å². The molecule has 118 valence electrons. The van der Waals surface area contributed by atoms with E-state index in [1.54, 1.807) is 0 Å². The van der Waals surface area contributed by atoms with Crippen molar-refractivity contribution in [1.82, 2.24) is 5.32 Å². The summed E-state index contributed by atoms with van der Waals surface area (Å²) in [5.41, 5.74) is 2.83. The molecule has 0 bridgehead atoms. The summed E-state index contributed by atoms with van der Waals surface area (Å²) in [4.78, 5) is 55.4. The number of nitrogens with two attached hydrogens (primary N) is 1. The molecule has 0 aliphatic rings. The molecule has 2 atom stereocenters. The fourth-order valence-electron chi connectivity index (χ4n) is 1.58. The molecular formula is C11H16N2O8. The number of carbonyl (C=O) groups excluding carboxylic acids is 2. The van der Waals surface area contributed by atoms with Gasteiger partial charge in [-0.15, -0.1) is 0 Å². The molecule has 0 aliphatic heterocycles. The molecule has 0 aromatic rings. The molecule has 0 aromatic heterocycles. The highest BCUT2D eigenvalue weighted by atomic mass is 16.4. The molecular weight excluding hydrogens is 288 g/mol. The van der Waals surface area contributed by atoms with Gasteiger partial charge in [-0.25, -0.2) is 4.79 Å². The topological polar surface area (TPSA) is 184 Å². The maximum Gasteiger partial charge on any atom is 0.331 e. The highest BCUT2D eigenvalue weighted by Crippen LogP contribution is 2.16. The van der Waals surface area contributed by atoms with Crippen LogP contribution in [0, 0.1) is 0 Å². The van der Waals surface area contributed by atoms with E-state index in [1.807, 2.05) is 5.32 Å². The quantitative estimate of drug-likeness (QED) is 0.306. The predicted molar refractivity (Wildman–Crippen MR) is 66.3 cm³/mol. The van der Waals surface area contributed by atoms with Crippen LogP contribution in [-0.4, -0.2) is 56.5 Å². The Morgan fingerprint density at radius 2 is 1.62 bits per heavy atom. The van der Waals surface area contributed by atoms with Crippen molar-refractivity contribution in [2.24, 2.45) is 5.73 Å². The summed E-state index contributed by atoms with van der Waals surface area (Å²) in [6.45, 7) is 1.01. The lowest BCUT2D eigenvalue weighted by molar-refractivity contribution is -0.152. The minimum absolute atomic E-state index is 0.700. The molecule has 21 heavy (non-hydrogen) atoms. The number of carboxylic acid groups (broad SMARTS) is 3. The number of hydrogen-bond donors (Lipinski definition) is 5. The minimum atomic E-state index is -2.60. The zero-order chi connectivity index (χ0) is 16.8. The van der Waals surface area contributed by atoms with E-state index >= 15 is 0 Å². The van der Waals surface area contributed by atoms with Gasteiger partial charge in [-0.3, -0.25) is 19.2 Å². The van der Waals surface area contributed by atoms with Crippen LogP contribution in [0.4, 0.5) is 0 Å². The number of nitrogens with one attached hydrogen (secondary N) is 1. The average molecular weight is 304 g/mol. The number of aliphatic carboxylic acids is 3. The molecule has 1 amide bonds. The number of rotatable bonds is 9. The van der Waals surface area contributed by atoms with Crippen LogP contribution in [0.3, 0.4) is 0 Å². The van der Waals surface area contributed by atoms with Crippen molar-refractivity contribution in [2.45, 2.75) is 37.8 Å². The molecule has 0 rings (SSSR count). The first-order chi connectivity index (χ1) is 9.50. The number of Topliss-reactive ketones (excluding diaryl/α,β-unsaturated/α-hetero) is 1. The Kier molecular flexibility index (Phi) is 6.46. The molecule has 0 saturated heterocycles. The summed E-state index contributed by atoms with van der Waals surface area (Å²) >= 11 is 0. The van der Waals surface area contributed by atoms with Crippen molar-refractivity contribution in [3.05, 3.63) is 0 Å². The monoisotopic (exact) mass is 304 g/mol. The molecule has 0 aromatic carbocycles. The molecule has 10 heteroatoms. The van der Waals surface area contributed by atoms with Gasteiger partial charge in [-0.2, -0.15) is 0 Å². The Morgan fingerprint density at radius 1 is 1.10 bits per heavy atom. The van der Waals surface area contributed by atoms with Crippen molar-refractivity contribution in [3.8, 4) is 0 Å². The van der Waals surface area contributed by atoms with Crippen molar-refractivity contribution < 1.29 is 39.3 Å². The molecule has 0 fully saturated rings. The van der Waals surface area contributed by atoms with Crippen molar-refractivity contribution >= 4 is 29.6 Å². The molecule has 6 N–H and O–H groups in total. The maximum absolute atomic E-state index is 12.1. The van der Waals surface area contributed by atoms with E-state index in [9.17, 15) is 24.0 Å². The second-order valence-corrected chi connectivity index (χ2v) is 4.39. The summed E-state index contributed by atoms with van der Waals surface area (Å²) in [5, 5.41) is 28.3. The Bertz CT molecular complexity index is 459. The summed E-state index contributed by atoms with van der Waals surface area (Å²) in [7, 11) is 0. The smallest absolute Gasteiger partial charge is 0.331 e. The van der Waals surface area contributed by atoms with Gasteiger partial charge < -0.3 is 26.4 Å².